The second-order valence-corrected chi connectivity index (χ2v) is 33.1. The summed E-state index contributed by atoms with van der Waals surface area (Å²) in [5.74, 6) is -1.73. The average Bonchev–Trinajstić information content (AvgIpc) is 1.73. The van der Waals surface area contributed by atoms with Crippen molar-refractivity contribution in [3.05, 3.63) is 246 Å². The van der Waals surface area contributed by atoms with Crippen molar-refractivity contribution in [2.75, 3.05) is 88.9 Å². The van der Waals surface area contributed by atoms with E-state index in [1.807, 2.05) is 99.8 Å². The van der Waals surface area contributed by atoms with Crippen LogP contribution in [0.4, 0.5) is 32.1 Å². The number of ketones is 1. The first-order chi connectivity index (χ1) is 53.0. The lowest BCUT2D eigenvalue weighted by molar-refractivity contribution is -0.384. The summed E-state index contributed by atoms with van der Waals surface area (Å²) in [5, 5.41) is 35.5. The molecular weight excluding hydrogens is 1560 g/mol. The lowest BCUT2D eigenvalue weighted by atomic mass is 9.77. The standard InChI is InChI=1S/C20H21NO4S2.C19H21NO4S.C17H18ClN3O2.C15H15ClFNO2.C12H15Cl2NO/c1-11-14(12-9-7-8-10-13(12)21(4)20(11,2)3)19-26-15(17(22)24-5)16(27-19)18(23)25-6;1-2-23-19(22)17-14-10-6-7-11-15(14)25-18(17)20-16(21)12-24-13-8-4-3-5-9-13;18-15-3-1-14(2-4-15)13-19-9-11-20(12-10-19)16-5-7-17(8-6-16)21(22)23;1-15(2)6-13(19)10(14(20)7-15)8-18-9-3-4-12(17)11(16)5-9;13-11-4-3-9(6-12(11)14)7-15-5-1-2-10(16)8-15/h7-10H,1H2,2-6H3;3-5,8-9H,2,6-7,10-12H2,1H3,(H,20,21);1-8H,9-13H2;3-5,8,19H,6-7H2,1-2H3;3-4,6,10,16H,1-2,5,7-8H2. The van der Waals surface area contributed by atoms with Crippen LogP contribution >= 0.6 is 81.3 Å². The van der Waals surface area contributed by atoms with Gasteiger partial charge in [0.2, 0.25) is 0 Å². The molecule has 3 N–H and O–H groups in total. The second kappa shape index (κ2) is 40.3. The highest BCUT2D eigenvalue weighted by Gasteiger charge is 2.42. The zero-order valence-corrected chi connectivity index (χ0v) is 68.5. The van der Waals surface area contributed by atoms with Crippen LogP contribution in [0.2, 0.25) is 20.1 Å². The number of thioether (sulfide) groups is 2. The van der Waals surface area contributed by atoms with Crippen molar-refractivity contribution < 1.29 is 62.4 Å². The van der Waals surface area contributed by atoms with Gasteiger partial charge in [-0.1, -0.05) is 145 Å². The molecule has 1 unspecified atom stereocenters. The van der Waals surface area contributed by atoms with Gasteiger partial charge in [-0.25, -0.2) is 18.8 Å². The number of ether oxygens (including phenoxy) is 4. The fraction of sp³-hybridized carbons (Fsp3) is 0.349. The Kier molecular flexibility index (Phi) is 31.4. The van der Waals surface area contributed by atoms with Gasteiger partial charge in [-0.2, -0.15) is 0 Å². The predicted molar refractivity (Wildman–Crippen MR) is 445 cm³/mol. The highest BCUT2D eigenvalue weighted by molar-refractivity contribution is 8.29. The van der Waals surface area contributed by atoms with Crippen LogP contribution < -0.4 is 19.9 Å². The number of methoxy groups -OCH3 is 2. The van der Waals surface area contributed by atoms with E-state index in [-0.39, 0.29) is 78.1 Å². The van der Waals surface area contributed by atoms with E-state index in [4.69, 9.17) is 65.4 Å². The highest BCUT2D eigenvalue weighted by atomic mass is 35.5. The number of likely N-dealkylation sites (tertiary alicyclic amines) is 1. The Balaban J connectivity index is 0.000000161. The van der Waals surface area contributed by atoms with Gasteiger partial charge in [0.25, 0.3) is 11.6 Å². The number of nitrogens with one attached hydrogen (secondary N) is 1. The first kappa shape index (κ1) is 86.5. The number of fused-ring (bicyclic) bond motifs is 2. The van der Waals surface area contributed by atoms with E-state index < -0.39 is 17.8 Å². The van der Waals surface area contributed by atoms with Crippen LogP contribution in [0, 0.1) is 21.3 Å². The molecule has 2 aliphatic carbocycles. The van der Waals surface area contributed by atoms with Crippen LogP contribution in [0.1, 0.15) is 111 Å². The number of allylic oxidation sites excluding steroid dienone is 2. The van der Waals surface area contributed by atoms with Crippen LogP contribution in [0.25, 0.3) is 5.57 Å². The lowest BCUT2D eigenvalue weighted by Gasteiger charge is -2.45. The molecule has 2 fully saturated rings. The molecule has 20 nitrogen and oxygen atoms in total. The third-order valence-electron chi connectivity index (χ3n) is 19.1. The third kappa shape index (κ3) is 23.6. The second-order valence-electron chi connectivity index (χ2n) is 28.0. The summed E-state index contributed by atoms with van der Waals surface area (Å²) in [5.41, 5.74) is 9.19. The number of Topliss-reactive ketones (excluding diaryl/α,β-unsaturated/α-hetero) is 1. The number of non-ortho nitro benzene ring substituents is 1. The van der Waals surface area contributed by atoms with Gasteiger partial charge in [0.15, 0.2) is 12.4 Å². The molecule has 1 aromatic heterocycles. The smallest absolute Gasteiger partial charge is 0.346 e. The maximum atomic E-state index is 13.0. The number of benzene rings is 6. The van der Waals surface area contributed by atoms with Crippen molar-refractivity contribution in [2.45, 2.75) is 111 Å². The molecule has 0 spiro atoms. The predicted octanol–water partition coefficient (Wildman–Crippen LogP) is 18.9. The fourth-order valence-corrected chi connectivity index (χ4v) is 17.5. The number of β-amino-alcohol motifs (C(OH)–C–C–N with tert-alkyl or cyclic N) is 1. The van der Waals surface area contributed by atoms with Gasteiger partial charge in [0.1, 0.15) is 32.1 Å². The Morgan fingerprint density at radius 2 is 1.40 bits per heavy atom. The Labute approximate surface area is 679 Å². The largest absolute Gasteiger partial charge is 0.511 e. The number of aliphatic hydroxyl groups is 2. The molecule has 5 heterocycles. The number of amides is 1. The number of hydrogen-bond acceptors (Lipinski definition) is 21. The van der Waals surface area contributed by atoms with Gasteiger partial charge in [-0.05, 0) is 166 Å². The number of aliphatic hydroxyl groups excluding tert-OH is 2. The quantitative estimate of drug-likeness (QED) is 0.0268. The third-order valence-corrected chi connectivity index (χ3v) is 24.1. The van der Waals surface area contributed by atoms with E-state index in [0.717, 1.165) is 139 Å². The summed E-state index contributed by atoms with van der Waals surface area (Å²) in [4.78, 5) is 86.2. The minimum Gasteiger partial charge on any atom is -0.511 e. The molecule has 111 heavy (non-hydrogen) atoms. The summed E-state index contributed by atoms with van der Waals surface area (Å²) in [7, 11) is 4.64. The van der Waals surface area contributed by atoms with Gasteiger partial charge in [0, 0.05) is 116 Å². The molecule has 7 aromatic rings. The number of carbonyl (C=O) groups is 5. The minimum absolute atomic E-state index is 0.0334. The van der Waals surface area contributed by atoms with Crippen LogP contribution in [0.3, 0.4) is 0 Å². The number of piperazine rings is 1. The molecule has 4 aliphatic heterocycles. The number of anilines is 3. The summed E-state index contributed by atoms with van der Waals surface area (Å²) in [6.07, 6.45) is 7.88. The Hall–Kier alpha value is -8.53. The van der Waals surface area contributed by atoms with E-state index in [0.29, 0.717) is 51.5 Å². The van der Waals surface area contributed by atoms with Crippen LogP contribution in [-0.2, 0) is 59.3 Å². The molecule has 0 bridgehead atoms. The van der Waals surface area contributed by atoms with Crippen molar-refractivity contribution in [1.29, 1.82) is 0 Å². The summed E-state index contributed by atoms with van der Waals surface area (Å²) < 4.78 is 34.2. The number of nitro benzene ring substituents is 1. The van der Waals surface area contributed by atoms with E-state index in [1.54, 1.807) is 31.2 Å². The maximum absolute atomic E-state index is 13.0. The zero-order valence-electron chi connectivity index (χ0n) is 63.1. The van der Waals surface area contributed by atoms with Crippen molar-refractivity contribution in [2.24, 2.45) is 10.4 Å². The summed E-state index contributed by atoms with van der Waals surface area (Å²) in [6.45, 7) is 21.7. The van der Waals surface area contributed by atoms with Crippen molar-refractivity contribution in [1.82, 2.24) is 9.80 Å². The maximum Gasteiger partial charge on any atom is 0.346 e. The SMILES string of the molecule is C=C1C(=C2SC(C(=O)OC)=C(C(=O)OC)S2)c2ccccc2N(C)C1(C)C.CC1(C)CC(=O)C(C=Nc2ccc(F)c(Cl)c2)=C(O)C1.CCOC(=O)c1c(NC(=O)COc2ccccc2)sc2c1CCCC2.O=[N+]([O-])c1ccc(N2CCN(Cc3ccc(Cl)cc3)CC2)cc1.OC1CCCN(Cc2ccc(Cl)c(Cl)c2)C1. The number of thiophene rings is 1. The monoisotopic (exact) mass is 1650 g/mol. The number of nitrogens with zero attached hydrogens (tertiary/aromatic N) is 6. The summed E-state index contributed by atoms with van der Waals surface area (Å²) >= 11 is 27.3. The molecule has 28 heteroatoms. The minimum atomic E-state index is -0.547. The number of halogens is 5. The molecule has 13 rings (SSSR count). The zero-order chi connectivity index (χ0) is 80.3. The number of rotatable bonds is 16. The van der Waals surface area contributed by atoms with Gasteiger partial charge in [-0.3, -0.25) is 34.5 Å². The van der Waals surface area contributed by atoms with Crippen molar-refractivity contribution in [3.8, 4) is 5.75 Å². The van der Waals surface area contributed by atoms with Crippen LogP contribution in [0.15, 0.2) is 182 Å². The van der Waals surface area contributed by atoms with Crippen LogP contribution in [0.5, 0.6) is 5.75 Å². The normalized spacial score (nSPS) is 17.3. The first-order valence-corrected chi connectivity index (χ1v) is 40.0. The molecule has 6 aromatic carbocycles. The highest BCUT2D eigenvalue weighted by Crippen LogP contribution is 2.58. The number of aryl methyl sites for hydroxylation is 1. The van der Waals surface area contributed by atoms with Gasteiger partial charge < -0.3 is 44.3 Å². The van der Waals surface area contributed by atoms with Gasteiger partial charge >= 0.3 is 17.9 Å². The van der Waals surface area contributed by atoms with Crippen molar-refractivity contribution in [3.63, 3.8) is 0 Å². The number of hydrogen-bond donors (Lipinski definition) is 3. The van der Waals surface area contributed by atoms with E-state index >= 15 is 0 Å². The molecular formula is C83H90Cl4FN7O13S3. The number of nitro groups is 1. The fourth-order valence-electron chi connectivity index (χ4n) is 13.0. The number of aliphatic imine (C=N–C) groups is 1. The molecule has 588 valence electrons. The molecule has 6 aliphatic rings. The number of carbonyl (C=O) groups excluding carboxylic acids is 5. The molecule has 0 radical (unpaired) electrons. The number of esters is 3. The number of para-hydroxylation sites is 2. The Morgan fingerprint density at radius 1 is 0.757 bits per heavy atom. The lowest BCUT2D eigenvalue weighted by Crippen LogP contribution is -2.46. The molecule has 0 saturated carbocycles. The first-order valence-electron chi connectivity index (χ1n) is 36.1. The average molecular weight is 1650 g/mol. The summed E-state index contributed by atoms with van der Waals surface area (Å²) in [6, 6.07) is 41.7. The topological polar surface area (TPSA) is 243 Å². The van der Waals surface area contributed by atoms with Crippen LogP contribution in [-0.4, -0.2) is 146 Å². The molecule has 1 amide bonds. The van der Waals surface area contributed by atoms with E-state index in [2.05, 4.69) is 68.5 Å². The van der Waals surface area contributed by atoms with Gasteiger partial charge in [-0.15, -0.1) is 11.3 Å². The van der Waals surface area contributed by atoms with Gasteiger partial charge in [0.05, 0.1) is 73.5 Å². The number of likely N-dealkylation sites (N-methyl/N-ethyl adjacent to an activating group) is 1. The van der Waals surface area contributed by atoms with Crippen molar-refractivity contribution >= 4 is 150 Å². The number of piperidine rings is 1. The Morgan fingerprint density at radius 3 is 2.02 bits per heavy atom. The Bertz CT molecular complexity index is 4630. The van der Waals surface area contributed by atoms with E-state index in [1.165, 1.54) is 83.9 Å². The molecule has 1 atom stereocenters. The van der Waals surface area contributed by atoms with E-state index in [9.17, 15) is 48.7 Å². The molecule has 2 saturated heterocycles.